The zero-order chi connectivity index (χ0) is 22.0. The standard InChI is InChI=1S/C26H24N2O3/c1-17-11-12-19(13-18(17)2)25(29)23-15-28(24-10-5-4-9-22(24)26(23)30)14-20-7-6-8-21(27-20)16-31-3/h4-13,15H,14,16H2,1-3H3. The highest BCUT2D eigenvalue weighted by Crippen LogP contribution is 2.18. The molecule has 0 fully saturated rings. The normalized spacial score (nSPS) is 11.1. The van der Waals surface area contributed by atoms with E-state index in [1.54, 1.807) is 25.4 Å². The van der Waals surface area contributed by atoms with Crippen LogP contribution in [0.3, 0.4) is 0 Å². The number of pyridine rings is 2. The van der Waals surface area contributed by atoms with Gasteiger partial charge in [0, 0.05) is 24.3 Å². The molecule has 2 heterocycles. The summed E-state index contributed by atoms with van der Waals surface area (Å²) in [7, 11) is 1.63. The Morgan fingerprint density at radius 1 is 0.968 bits per heavy atom. The summed E-state index contributed by atoms with van der Waals surface area (Å²) in [4.78, 5) is 31.1. The van der Waals surface area contributed by atoms with E-state index >= 15 is 0 Å². The smallest absolute Gasteiger partial charge is 0.200 e. The van der Waals surface area contributed by atoms with E-state index in [2.05, 4.69) is 4.98 Å². The first-order chi connectivity index (χ1) is 15.0. The van der Waals surface area contributed by atoms with Gasteiger partial charge in [0.1, 0.15) is 0 Å². The molecule has 0 aliphatic carbocycles. The van der Waals surface area contributed by atoms with Crippen LogP contribution in [0.1, 0.15) is 38.4 Å². The Morgan fingerprint density at radius 2 is 1.74 bits per heavy atom. The fourth-order valence-electron chi connectivity index (χ4n) is 3.70. The van der Waals surface area contributed by atoms with Crippen LogP contribution in [0.5, 0.6) is 0 Å². The van der Waals surface area contributed by atoms with Gasteiger partial charge in [-0.25, -0.2) is 0 Å². The van der Waals surface area contributed by atoms with Gasteiger partial charge in [0.05, 0.1) is 35.6 Å². The van der Waals surface area contributed by atoms with Crippen LogP contribution in [0.2, 0.25) is 0 Å². The van der Waals surface area contributed by atoms with Gasteiger partial charge in [-0.3, -0.25) is 14.6 Å². The lowest BCUT2D eigenvalue weighted by molar-refractivity contribution is 0.103. The summed E-state index contributed by atoms with van der Waals surface area (Å²) in [6.07, 6.45) is 1.66. The van der Waals surface area contributed by atoms with Crippen LogP contribution in [-0.4, -0.2) is 22.4 Å². The lowest BCUT2D eigenvalue weighted by Crippen LogP contribution is -2.20. The van der Waals surface area contributed by atoms with Gasteiger partial charge in [-0.2, -0.15) is 0 Å². The summed E-state index contributed by atoms with van der Waals surface area (Å²) < 4.78 is 7.10. The molecule has 0 spiro atoms. The second kappa shape index (κ2) is 8.66. The first-order valence-corrected chi connectivity index (χ1v) is 10.2. The summed E-state index contributed by atoms with van der Waals surface area (Å²) in [5, 5.41) is 0.519. The summed E-state index contributed by atoms with van der Waals surface area (Å²) in [5.41, 5.74) is 4.97. The maximum atomic E-state index is 13.3. The van der Waals surface area contributed by atoms with Crippen molar-refractivity contribution in [1.29, 1.82) is 0 Å². The summed E-state index contributed by atoms with van der Waals surface area (Å²) in [6.45, 7) is 4.82. The van der Waals surface area contributed by atoms with Crippen LogP contribution < -0.4 is 5.43 Å². The SMILES string of the molecule is COCc1cccc(Cn2cc(C(=O)c3ccc(C)c(C)c3)c(=O)c3ccccc32)n1. The number of hydrogen-bond donors (Lipinski definition) is 0. The van der Waals surface area contributed by atoms with Crippen LogP contribution in [0.25, 0.3) is 10.9 Å². The Balaban J connectivity index is 1.83. The van der Waals surface area contributed by atoms with Crippen molar-refractivity contribution in [2.75, 3.05) is 7.11 Å². The molecule has 0 aliphatic rings. The number of ketones is 1. The highest BCUT2D eigenvalue weighted by Gasteiger charge is 2.18. The maximum Gasteiger partial charge on any atom is 0.200 e. The van der Waals surface area contributed by atoms with Gasteiger partial charge in [-0.15, -0.1) is 0 Å². The Kier molecular flexibility index (Phi) is 5.78. The molecule has 2 aromatic heterocycles. The minimum absolute atomic E-state index is 0.162. The predicted octanol–water partition coefficient (Wildman–Crippen LogP) is 4.44. The van der Waals surface area contributed by atoms with E-state index in [0.717, 1.165) is 28.0 Å². The monoisotopic (exact) mass is 412 g/mol. The van der Waals surface area contributed by atoms with Gasteiger partial charge in [0.15, 0.2) is 5.78 Å². The molecule has 0 N–H and O–H groups in total. The van der Waals surface area contributed by atoms with Crippen molar-refractivity contribution in [3.63, 3.8) is 0 Å². The van der Waals surface area contributed by atoms with E-state index in [4.69, 9.17) is 4.74 Å². The molecule has 4 rings (SSSR count). The molecule has 0 amide bonds. The largest absolute Gasteiger partial charge is 0.378 e. The molecule has 5 nitrogen and oxygen atoms in total. The van der Waals surface area contributed by atoms with E-state index in [1.807, 2.05) is 66.9 Å². The molecule has 0 unspecified atom stereocenters. The Labute approximate surface area is 181 Å². The lowest BCUT2D eigenvalue weighted by atomic mass is 9.99. The number of fused-ring (bicyclic) bond motifs is 1. The molecule has 0 aliphatic heterocycles. The van der Waals surface area contributed by atoms with Crippen molar-refractivity contribution < 1.29 is 9.53 Å². The second-order valence-corrected chi connectivity index (χ2v) is 7.70. The van der Waals surface area contributed by atoms with Crippen LogP contribution in [0.4, 0.5) is 0 Å². The fourth-order valence-corrected chi connectivity index (χ4v) is 3.70. The van der Waals surface area contributed by atoms with Crippen LogP contribution in [0, 0.1) is 13.8 Å². The number of methoxy groups -OCH3 is 1. The number of benzene rings is 2. The van der Waals surface area contributed by atoms with Gasteiger partial charge >= 0.3 is 0 Å². The van der Waals surface area contributed by atoms with Crippen LogP contribution in [-0.2, 0) is 17.9 Å². The first kappa shape index (κ1) is 20.7. The van der Waals surface area contributed by atoms with Gasteiger partial charge in [-0.1, -0.05) is 30.3 Å². The predicted molar refractivity (Wildman–Crippen MR) is 122 cm³/mol. The Hall–Kier alpha value is -3.57. The molecule has 5 heteroatoms. The summed E-state index contributed by atoms with van der Waals surface area (Å²) >= 11 is 0. The number of hydrogen-bond acceptors (Lipinski definition) is 4. The average molecular weight is 412 g/mol. The van der Waals surface area contributed by atoms with Crippen molar-refractivity contribution in [3.05, 3.63) is 111 Å². The zero-order valence-electron chi connectivity index (χ0n) is 17.9. The zero-order valence-corrected chi connectivity index (χ0v) is 17.9. The number of nitrogens with zero attached hydrogens (tertiary/aromatic N) is 2. The van der Waals surface area contributed by atoms with E-state index in [9.17, 15) is 9.59 Å². The number of para-hydroxylation sites is 1. The number of aryl methyl sites for hydroxylation is 2. The topological polar surface area (TPSA) is 61.2 Å². The molecule has 0 radical (unpaired) electrons. The minimum atomic E-state index is -0.270. The van der Waals surface area contributed by atoms with Crippen molar-refractivity contribution in [2.45, 2.75) is 27.0 Å². The summed E-state index contributed by atoms with van der Waals surface area (Å²) in [5.74, 6) is -0.270. The number of carbonyl (C=O) groups excluding carboxylic acids is 1. The van der Waals surface area contributed by atoms with Crippen molar-refractivity contribution in [1.82, 2.24) is 9.55 Å². The van der Waals surface area contributed by atoms with Gasteiger partial charge < -0.3 is 9.30 Å². The van der Waals surface area contributed by atoms with E-state index in [1.165, 1.54) is 0 Å². The second-order valence-electron chi connectivity index (χ2n) is 7.70. The van der Waals surface area contributed by atoms with Crippen molar-refractivity contribution in [3.8, 4) is 0 Å². The molecule has 2 aromatic carbocycles. The highest BCUT2D eigenvalue weighted by atomic mass is 16.5. The molecular formula is C26H24N2O3. The third-order valence-corrected chi connectivity index (χ3v) is 5.49. The van der Waals surface area contributed by atoms with Crippen molar-refractivity contribution >= 4 is 16.7 Å². The Bertz CT molecular complexity index is 1340. The third kappa shape index (κ3) is 4.18. The average Bonchev–Trinajstić information content (AvgIpc) is 2.78. The molecule has 0 saturated heterocycles. The molecule has 0 atom stereocenters. The van der Waals surface area contributed by atoms with Gasteiger partial charge in [0.25, 0.3) is 0 Å². The molecule has 0 saturated carbocycles. The maximum absolute atomic E-state index is 13.3. The van der Waals surface area contributed by atoms with Crippen LogP contribution >= 0.6 is 0 Å². The fraction of sp³-hybridized carbons (Fsp3) is 0.192. The third-order valence-electron chi connectivity index (χ3n) is 5.49. The number of rotatable bonds is 6. The summed E-state index contributed by atoms with van der Waals surface area (Å²) in [6, 6.07) is 18.7. The van der Waals surface area contributed by atoms with E-state index in [-0.39, 0.29) is 16.8 Å². The molecule has 4 aromatic rings. The van der Waals surface area contributed by atoms with Gasteiger partial charge in [-0.05, 0) is 55.3 Å². The quantitative estimate of drug-likeness (QED) is 0.439. The first-order valence-electron chi connectivity index (χ1n) is 10.2. The number of ether oxygens (including phenoxy) is 1. The lowest BCUT2D eigenvalue weighted by Gasteiger charge is -2.14. The van der Waals surface area contributed by atoms with E-state index in [0.29, 0.717) is 24.1 Å². The molecule has 156 valence electrons. The van der Waals surface area contributed by atoms with Crippen molar-refractivity contribution in [2.24, 2.45) is 0 Å². The van der Waals surface area contributed by atoms with Gasteiger partial charge in [0.2, 0.25) is 5.43 Å². The molecule has 0 bridgehead atoms. The minimum Gasteiger partial charge on any atom is -0.378 e. The Morgan fingerprint density at radius 3 is 2.52 bits per heavy atom. The highest BCUT2D eigenvalue weighted by molar-refractivity contribution is 6.10. The van der Waals surface area contributed by atoms with Crippen LogP contribution in [0.15, 0.2) is 71.7 Å². The molecule has 31 heavy (non-hydrogen) atoms. The van der Waals surface area contributed by atoms with E-state index < -0.39 is 0 Å². The molecular weight excluding hydrogens is 388 g/mol. The number of carbonyl (C=O) groups is 1. The number of aromatic nitrogens is 2.